The molecule has 2 aromatic rings. The van der Waals surface area contributed by atoms with E-state index in [9.17, 15) is 5.21 Å². The van der Waals surface area contributed by atoms with Crippen molar-refractivity contribution in [1.82, 2.24) is 0 Å². The van der Waals surface area contributed by atoms with E-state index in [1.807, 2.05) is 62.4 Å². The van der Waals surface area contributed by atoms with Gasteiger partial charge in [0.15, 0.2) is 6.21 Å². The van der Waals surface area contributed by atoms with Crippen LogP contribution in [-0.4, -0.2) is 11.0 Å². The predicted molar refractivity (Wildman–Crippen MR) is 70.8 cm³/mol. The van der Waals surface area contributed by atoms with Gasteiger partial charge < -0.3 is 5.21 Å². The molecule has 2 rings (SSSR count). The van der Waals surface area contributed by atoms with Crippen molar-refractivity contribution in [3.63, 3.8) is 0 Å². The summed E-state index contributed by atoms with van der Waals surface area (Å²) in [6.45, 7) is 4.00. The van der Waals surface area contributed by atoms with Crippen molar-refractivity contribution >= 4 is 11.9 Å². The Bertz CT molecular complexity index is 541. The van der Waals surface area contributed by atoms with E-state index < -0.39 is 0 Å². The zero-order chi connectivity index (χ0) is 12.3. The molecule has 2 heteroatoms. The molecule has 2 nitrogen and oxygen atoms in total. The van der Waals surface area contributed by atoms with Crippen LogP contribution in [-0.2, 0) is 0 Å². The van der Waals surface area contributed by atoms with Gasteiger partial charge in [0.2, 0.25) is 5.69 Å². The molecule has 0 N–H and O–H groups in total. The summed E-state index contributed by atoms with van der Waals surface area (Å²) in [6, 6.07) is 15.4. The van der Waals surface area contributed by atoms with Crippen molar-refractivity contribution < 1.29 is 4.74 Å². The highest BCUT2D eigenvalue weighted by molar-refractivity contribution is 5.78. The molecule has 86 valence electrons. The molecule has 0 aliphatic rings. The zero-order valence-electron chi connectivity index (χ0n) is 10.1. The fraction of sp³-hybridized carbons (Fsp3) is 0.133. The maximum atomic E-state index is 11.9. The molecule has 0 aliphatic heterocycles. The van der Waals surface area contributed by atoms with E-state index in [0.29, 0.717) is 5.69 Å². The molecule has 0 unspecified atom stereocenters. The van der Waals surface area contributed by atoms with Crippen molar-refractivity contribution in [2.45, 2.75) is 13.8 Å². The third-order valence-corrected chi connectivity index (χ3v) is 2.73. The van der Waals surface area contributed by atoms with Gasteiger partial charge in [-0.1, -0.05) is 35.9 Å². The van der Waals surface area contributed by atoms with Crippen LogP contribution in [0.15, 0.2) is 48.5 Å². The average molecular weight is 225 g/mol. The summed E-state index contributed by atoms with van der Waals surface area (Å²) < 4.78 is 0.905. The Hall–Kier alpha value is -2.09. The van der Waals surface area contributed by atoms with E-state index >= 15 is 0 Å². The fourth-order valence-corrected chi connectivity index (χ4v) is 1.62. The van der Waals surface area contributed by atoms with Gasteiger partial charge in [0.05, 0.1) is 0 Å². The summed E-state index contributed by atoms with van der Waals surface area (Å²) in [5.74, 6) is 0. The molecular formula is C15H15NO. The van der Waals surface area contributed by atoms with Gasteiger partial charge in [-0.2, -0.15) is 4.74 Å². The fourth-order valence-electron chi connectivity index (χ4n) is 1.62. The lowest BCUT2D eigenvalue weighted by Gasteiger charge is -2.04. The number of rotatable bonds is 2. The highest BCUT2D eigenvalue weighted by Gasteiger charge is 2.02. The molecular weight excluding hydrogens is 210 g/mol. The number of hydrogen-bond donors (Lipinski definition) is 0. The topological polar surface area (TPSA) is 26.1 Å². The molecule has 2 aromatic carbocycles. The van der Waals surface area contributed by atoms with Gasteiger partial charge in [0, 0.05) is 17.7 Å². The van der Waals surface area contributed by atoms with Crippen LogP contribution >= 0.6 is 0 Å². The lowest BCUT2D eigenvalue weighted by molar-refractivity contribution is -0.354. The molecule has 0 fully saturated rings. The summed E-state index contributed by atoms with van der Waals surface area (Å²) in [5.41, 5.74) is 3.85. The first-order valence-corrected chi connectivity index (χ1v) is 5.60. The first-order valence-electron chi connectivity index (χ1n) is 5.60. The third kappa shape index (κ3) is 2.72. The minimum Gasteiger partial charge on any atom is -0.618 e. The first kappa shape index (κ1) is 11.4. The minimum absolute atomic E-state index is 0.652. The Morgan fingerprint density at radius 2 is 1.59 bits per heavy atom. The highest BCUT2D eigenvalue weighted by Crippen LogP contribution is 2.12. The molecule has 0 spiro atoms. The summed E-state index contributed by atoms with van der Waals surface area (Å²) in [7, 11) is 0. The zero-order valence-corrected chi connectivity index (χ0v) is 10.1. The number of benzene rings is 2. The smallest absolute Gasteiger partial charge is 0.216 e. The van der Waals surface area contributed by atoms with Crippen molar-refractivity contribution in [2.24, 2.45) is 0 Å². The molecule has 0 amide bonds. The Kier molecular flexibility index (Phi) is 3.24. The Morgan fingerprint density at radius 1 is 0.941 bits per heavy atom. The van der Waals surface area contributed by atoms with Crippen LogP contribution in [0.3, 0.4) is 0 Å². The molecule has 0 heterocycles. The van der Waals surface area contributed by atoms with E-state index in [4.69, 9.17) is 0 Å². The van der Waals surface area contributed by atoms with Crippen molar-refractivity contribution in [3.05, 3.63) is 70.4 Å². The second-order valence-corrected chi connectivity index (χ2v) is 4.15. The van der Waals surface area contributed by atoms with Gasteiger partial charge in [-0.3, -0.25) is 0 Å². The van der Waals surface area contributed by atoms with Crippen LogP contribution in [0.2, 0.25) is 0 Å². The van der Waals surface area contributed by atoms with E-state index in [1.165, 1.54) is 0 Å². The van der Waals surface area contributed by atoms with Gasteiger partial charge in [0.1, 0.15) is 0 Å². The standard InChI is InChI=1S/C15H15NO/c1-12-7-9-15(10-8-12)16(17)11-14-6-4-3-5-13(14)2/h3-11H,1-2H3/b16-11-. The molecule has 0 saturated heterocycles. The number of nitrogens with zero attached hydrogens (tertiary/aromatic N) is 1. The molecule has 0 bridgehead atoms. The van der Waals surface area contributed by atoms with Crippen molar-refractivity contribution in [1.29, 1.82) is 0 Å². The second kappa shape index (κ2) is 4.83. The maximum absolute atomic E-state index is 11.9. The van der Waals surface area contributed by atoms with Crippen LogP contribution in [0.25, 0.3) is 0 Å². The summed E-state index contributed by atoms with van der Waals surface area (Å²) in [6.07, 6.45) is 1.61. The molecule has 0 aromatic heterocycles. The SMILES string of the molecule is Cc1ccc(/[N+]([O-])=C/c2ccccc2C)cc1. The van der Waals surface area contributed by atoms with E-state index in [-0.39, 0.29) is 0 Å². The molecule has 17 heavy (non-hydrogen) atoms. The Balaban J connectivity index is 2.34. The Morgan fingerprint density at radius 3 is 2.24 bits per heavy atom. The van der Waals surface area contributed by atoms with E-state index in [1.54, 1.807) is 6.21 Å². The average Bonchev–Trinajstić information content (AvgIpc) is 2.33. The quantitative estimate of drug-likeness (QED) is 0.332. The van der Waals surface area contributed by atoms with Crippen molar-refractivity contribution in [3.8, 4) is 0 Å². The second-order valence-electron chi connectivity index (χ2n) is 4.15. The van der Waals surface area contributed by atoms with Gasteiger partial charge in [0.25, 0.3) is 0 Å². The van der Waals surface area contributed by atoms with E-state index in [0.717, 1.165) is 21.4 Å². The minimum atomic E-state index is 0.652. The van der Waals surface area contributed by atoms with Crippen LogP contribution in [0.5, 0.6) is 0 Å². The predicted octanol–water partition coefficient (Wildman–Crippen LogP) is 3.56. The maximum Gasteiger partial charge on any atom is 0.216 e. The van der Waals surface area contributed by atoms with Crippen LogP contribution < -0.4 is 0 Å². The largest absolute Gasteiger partial charge is 0.618 e. The molecule has 0 atom stereocenters. The van der Waals surface area contributed by atoms with Gasteiger partial charge >= 0.3 is 0 Å². The molecule has 0 saturated carbocycles. The lowest BCUT2D eigenvalue weighted by atomic mass is 10.1. The third-order valence-electron chi connectivity index (χ3n) is 2.73. The van der Waals surface area contributed by atoms with Crippen LogP contribution in [0.1, 0.15) is 16.7 Å². The summed E-state index contributed by atoms with van der Waals surface area (Å²) >= 11 is 0. The number of aryl methyl sites for hydroxylation is 2. The van der Waals surface area contributed by atoms with Gasteiger partial charge in [-0.25, -0.2) is 0 Å². The first-order chi connectivity index (χ1) is 8.16. The highest BCUT2D eigenvalue weighted by atomic mass is 16.5. The normalized spacial score (nSPS) is 11.5. The summed E-state index contributed by atoms with van der Waals surface area (Å²) in [4.78, 5) is 0. The Labute approximate surface area is 101 Å². The van der Waals surface area contributed by atoms with Gasteiger partial charge in [-0.15, -0.1) is 0 Å². The monoisotopic (exact) mass is 225 g/mol. The van der Waals surface area contributed by atoms with Crippen LogP contribution in [0.4, 0.5) is 5.69 Å². The van der Waals surface area contributed by atoms with Gasteiger partial charge in [-0.05, 0) is 25.5 Å². The lowest BCUT2D eigenvalue weighted by Crippen LogP contribution is -2.00. The van der Waals surface area contributed by atoms with E-state index in [2.05, 4.69) is 0 Å². The number of hydrogen-bond acceptors (Lipinski definition) is 1. The van der Waals surface area contributed by atoms with Crippen LogP contribution in [0, 0.1) is 19.1 Å². The molecule has 0 aliphatic carbocycles. The van der Waals surface area contributed by atoms with Crippen molar-refractivity contribution in [2.75, 3.05) is 0 Å². The molecule has 0 radical (unpaired) electrons. The summed E-state index contributed by atoms with van der Waals surface area (Å²) in [5, 5.41) is 11.9.